The van der Waals surface area contributed by atoms with Crippen LogP contribution in [0.2, 0.25) is 0 Å². The first kappa shape index (κ1) is 19.0. The molecule has 3 heterocycles. The summed E-state index contributed by atoms with van der Waals surface area (Å²) in [6.07, 6.45) is 0.736. The second-order valence-electron chi connectivity index (χ2n) is 6.16. The molecule has 7 nitrogen and oxygen atoms in total. The quantitative estimate of drug-likeness (QED) is 0.526. The molecule has 0 radical (unpaired) electrons. The SMILES string of the molecule is CCOc1nc(C)nc2c1ncn2[C@@H]1O[C@H](CO[P+](C)=[W])C[C@@]1(C)F. The molecule has 0 N–H and O–H groups in total. The molecule has 0 saturated carbocycles. The normalized spacial score (nSPS) is 27.0. The van der Waals surface area contributed by atoms with E-state index in [1.807, 2.05) is 13.6 Å². The number of aromatic nitrogens is 4. The minimum atomic E-state index is -1.54. The van der Waals surface area contributed by atoms with Gasteiger partial charge in [0, 0.05) is 0 Å². The van der Waals surface area contributed by atoms with Gasteiger partial charge in [0.25, 0.3) is 0 Å². The summed E-state index contributed by atoms with van der Waals surface area (Å²) in [6.45, 7) is 8.12. The average Bonchev–Trinajstić information content (AvgIpc) is 3.05. The molecule has 1 aliphatic rings. The maximum absolute atomic E-state index is 15.2. The van der Waals surface area contributed by atoms with E-state index in [9.17, 15) is 0 Å². The van der Waals surface area contributed by atoms with Crippen molar-refractivity contribution in [2.75, 3.05) is 19.9 Å². The van der Waals surface area contributed by atoms with Crippen LogP contribution in [0.1, 0.15) is 32.3 Å². The van der Waals surface area contributed by atoms with Gasteiger partial charge in [-0.25, -0.2) is 0 Å². The second-order valence-corrected chi connectivity index (χ2v) is 12.8. The molecule has 0 aliphatic carbocycles. The van der Waals surface area contributed by atoms with E-state index in [1.165, 1.54) is 18.8 Å². The fourth-order valence-electron chi connectivity index (χ4n) is 2.96. The Morgan fingerprint density at radius 3 is 2.96 bits per heavy atom. The van der Waals surface area contributed by atoms with Gasteiger partial charge in [0.15, 0.2) is 0 Å². The van der Waals surface area contributed by atoms with Gasteiger partial charge in [-0.15, -0.1) is 0 Å². The number of fused-ring (bicyclic) bond motifs is 1. The van der Waals surface area contributed by atoms with Crippen molar-refractivity contribution in [1.82, 2.24) is 19.5 Å². The number of aryl methyl sites for hydroxylation is 1. The first-order valence-electron chi connectivity index (χ1n) is 8.04. The second kappa shape index (κ2) is 7.43. The zero-order valence-electron chi connectivity index (χ0n) is 14.6. The number of nitrogens with zero attached hydrogens (tertiary/aromatic N) is 4. The molecule has 2 aromatic heterocycles. The van der Waals surface area contributed by atoms with Crippen LogP contribution in [-0.2, 0) is 28.1 Å². The number of hydrogen-bond acceptors (Lipinski definition) is 6. The first-order valence-corrected chi connectivity index (χ1v) is 13.6. The van der Waals surface area contributed by atoms with Gasteiger partial charge in [-0.1, -0.05) is 0 Å². The van der Waals surface area contributed by atoms with Crippen molar-refractivity contribution in [3.8, 4) is 5.88 Å². The molecule has 2 aromatic rings. The molecule has 0 spiro atoms. The van der Waals surface area contributed by atoms with Gasteiger partial charge < -0.3 is 0 Å². The molecular weight excluding hydrogens is 518 g/mol. The van der Waals surface area contributed by atoms with E-state index in [1.54, 1.807) is 24.7 Å². The molecule has 0 bridgehead atoms. The molecular formula is C15H21FN4O3PW+. The third kappa shape index (κ3) is 3.97. The van der Waals surface area contributed by atoms with Crippen LogP contribution in [0.5, 0.6) is 5.88 Å². The van der Waals surface area contributed by atoms with Crippen LogP contribution in [-0.4, -0.2) is 51.2 Å². The van der Waals surface area contributed by atoms with E-state index in [0.717, 1.165) is 0 Å². The molecule has 0 aromatic carbocycles. The number of alkyl halides is 1. The van der Waals surface area contributed by atoms with Gasteiger partial charge in [0.1, 0.15) is 0 Å². The number of halogens is 1. The Bertz CT molecular complexity index is 800. The molecule has 25 heavy (non-hydrogen) atoms. The Labute approximate surface area is 156 Å². The van der Waals surface area contributed by atoms with Crippen LogP contribution >= 0.6 is 5.78 Å². The molecule has 4 atom stereocenters. The summed E-state index contributed by atoms with van der Waals surface area (Å²) in [5.41, 5.74) is -0.506. The zero-order chi connectivity index (χ0) is 18.2. The van der Waals surface area contributed by atoms with Crippen molar-refractivity contribution in [3.05, 3.63) is 12.2 Å². The van der Waals surface area contributed by atoms with Crippen LogP contribution in [0.3, 0.4) is 0 Å². The molecule has 1 aliphatic heterocycles. The van der Waals surface area contributed by atoms with E-state index in [2.05, 4.69) is 15.0 Å². The Morgan fingerprint density at radius 1 is 1.52 bits per heavy atom. The van der Waals surface area contributed by atoms with Gasteiger partial charge in [-0.05, 0) is 6.92 Å². The Kier molecular flexibility index (Phi) is 5.64. The molecule has 136 valence electrons. The Hall–Kier alpha value is -0.812. The van der Waals surface area contributed by atoms with E-state index in [-0.39, 0.29) is 12.5 Å². The van der Waals surface area contributed by atoms with Crippen molar-refractivity contribution in [2.24, 2.45) is 0 Å². The van der Waals surface area contributed by atoms with E-state index >= 15 is 4.39 Å². The van der Waals surface area contributed by atoms with Crippen LogP contribution < -0.4 is 4.74 Å². The van der Waals surface area contributed by atoms with Crippen LogP contribution in [0, 0.1) is 6.92 Å². The third-order valence-electron chi connectivity index (χ3n) is 3.94. The van der Waals surface area contributed by atoms with Gasteiger partial charge in [0.2, 0.25) is 0 Å². The van der Waals surface area contributed by atoms with Gasteiger partial charge in [-0.2, -0.15) is 0 Å². The number of rotatable bonds is 6. The van der Waals surface area contributed by atoms with Crippen molar-refractivity contribution >= 4 is 16.9 Å². The Morgan fingerprint density at radius 2 is 2.28 bits per heavy atom. The summed E-state index contributed by atoms with van der Waals surface area (Å²) in [4.78, 5) is 13.0. The maximum atomic E-state index is 15.2. The molecule has 1 unspecified atom stereocenters. The summed E-state index contributed by atoms with van der Waals surface area (Å²) >= 11 is 1.40. The van der Waals surface area contributed by atoms with E-state index < -0.39 is 17.7 Å². The predicted molar refractivity (Wildman–Crippen MR) is 88.1 cm³/mol. The monoisotopic (exact) mass is 539 g/mol. The fourth-order valence-corrected chi connectivity index (χ4v) is 4.00. The van der Waals surface area contributed by atoms with Crippen molar-refractivity contribution in [1.29, 1.82) is 0 Å². The van der Waals surface area contributed by atoms with Gasteiger partial charge in [-0.3, -0.25) is 0 Å². The van der Waals surface area contributed by atoms with Gasteiger partial charge >= 0.3 is 150 Å². The molecule has 1 saturated heterocycles. The number of hydrogen-bond donors (Lipinski definition) is 0. The summed E-state index contributed by atoms with van der Waals surface area (Å²) in [6, 6.07) is 0. The molecule has 1 fully saturated rings. The predicted octanol–water partition coefficient (Wildman–Crippen LogP) is 3.05. The number of imidazole rings is 1. The number of ether oxygens (including phenoxy) is 2. The fraction of sp³-hybridized carbons (Fsp3) is 0.667. The summed E-state index contributed by atoms with van der Waals surface area (Å²) in [5.74, 6) is 0.530. The summed E-state index contributed by atoms with van der Waals surface area (Å²) in [7, 11) is 0. The third-order valence-corrected chi connectivity index (χ3v) is 5.59. The summed E-state index contributed by atoms with van der Waals surface area (Å²) < 4.78 is 34.0. The molecule has 0 amide bonds. The molecule has 3 rings (SSSR count). The standard InChI is InChI=1S/C15H21FN4O3P.W/c1-5-21-13-11-12(18-9(2)19-13)20(8-17-11)14-15(3,16)6-10(23-14)7-22-24-4;/h8,10,14H,5-7H2,1-4H3;/q-1;+2/t10-,14+,15+;/m0./s1. The topological polar surface area (TPSA) is 71.3 Å². The first-order chi connectivity index (χ1) is 11.8. The minimum absolute atomic E-state index is 0.276. The average molecular weight is 539 g/mol. The van der Waals surface area contributed by atoms with Crippen molar-refractivity contribution in [2.45, 2.75) is 45.2 Å². The van der Waals surface area contributed by atoms with Crippen molar-refractivity contribution in [3.63, 3.8) is 0 Å². The van der Waals surface area contributed by atoms with Gasteiger partial charge in [0.05, 0.1) is 0 Å². The van der Waals surface area contributed by atoms with Crippen molar-refractivity contribution < 1.29 is 37.2 Å². The van der Waals surface area contributed by atoms with Crippen LogP contribution in [0.4, 0.5) is 4.39 Å². The molecule has 10 heteroatoms. The van der Waals surface area contributed by atoms with Crippen LogP contribution in [0.15, 0.2) is 6.33 Å². The summed E-state index contributed by atoms with van der Waals surface area (Å²) in [5, 5.41) is 0. The zero-order valence-corrected chi connectivity index (χ0v) is 18.4. The van der Waals surface area contributed by atoms with E-state index in [0.29, 0.717) is 36.1 Å². The Balaban J connectivity index is 1.94. The van der Waals surface area contributed by atoms with Crippen LogP contribution in [0.25, 0.3) is 11.2 Å². The van der Waals surface area contributed by atoms with E-state index in [4.69, 9.17) is 14.0 Å².